The minimum Gasteiger partial charge on any atom is -0.0654 e. The lowest BCUT2D eigenvalue weighted by molar-refractivity contribution is 0.437. The fourth-order valence-electron chi connectivity index (χ4n) is 2.59. The molecule has 84 valence electrons. The molecule has 0 saturated heterocycles. The van der Waals surface area contributed by atoms with Gasteiger partial charge in [-0.3, -0.25) is 0 Å². The highest BCUT2D eigenvalue weighted by Gasteiger charge is 2.33. The van der Waals surface area contributed by atoms with Crippen LogP contribution in [-0.2, 0) is 0 Å². The van der Waals surface area contributed by atoms with Crippen molar-refractivity contribution >= 4 is 0 Å². The number of rotatable bonds is 8. The number of hydrogen-bond donors (Lipinski definition) is 0. The van der Waals surface area contributed by atoms with E-state index in [2.05, 4.69) is 20.8 Å². The summed E-state index contributed by atoms with van der Waals surface area (Å²) in [5.74, 6) is 3.22. The van der Waals surface area contributed by atoms with Crippen LogP contribution in [0.3, 0.4) is 0 Å². The lowest BCUT2D eigenvalue weighted by Gasteiger charge is -2.09. The van der Waals surface area contributed by atoms with E-state index in [0.717, 1.165) is 17.8 Å². The van der Waals surface area contributed by atoms with Crippen molar-refractivity contribution in [1.29, 1.82) is 0 Å². The van der Waals surface area contributed by atoms with Crippen molar-refractivity contribution in [1.82, 2.24) is 0 Å². The Bertz CT molecular complexity index is 139. The molecule has 0 amide bonds. The molecule has 0 spiro atoms. The van der Waals surface area contributed by atoms with Gasteiger partial charge in [-0.2, -0.15) is 0 Å². The van der Waals surface area contributed by atoms with Crippen molar-refractivity contribution in [3.05, 3.63) is 0 Å². The zero-order valence-electron chi connectivity index (χ0n) is 10.4. The van der Waals surface area contributed by atoms with E-state index >= 15 is 0 Å². The van der Waals surface area contributed by atoms with E-state index < -0.39 is 0 Å². The molecule has 1 rings (SSSR count). The normalized spacial score (nSPS) is 27.6. The van der Waals surface area contributed by atoms with E-state index in [-0.39, 0.29) is 0 Å². The third-order valence-electron chi connectivity index (χ3n) is 3.92. The zero-order chi connectivity index (χ0) is 10.4. The van der Waals surface area contributed by atoms with E-state index in [4.69, 9.17) is 0 Å². The summed E-state index contributed by atoms with van der Waals surface area (Å²) in [6.07, 6.45) is 11.7. The molecule has 1 aliphatic rings. The predicted octanol–water partition coefficient (Wildman–Crippen LogP) is 5.03. The van der Waals surface area contributed by atoms with Crippen LogP contribution in [-0.4, -0.2) is 0 Å². The Hall–Kier alpha value is 0. The quantitative estimate of drug-likeness (QED) is 0.511. The summed E-state index contributed by atoms with van der Waals surface area (Å²) in [6, 6.07) is 0. The molecule has 0 aromatic rings. The maximum Gasteiger partial charge on any atom is -0.0383 e. The SMILES string of the molecule is CCCCC(C)CCCC1CC1CC. The fraction of sp³-hybridized carbons (Fsp3) is 1.00. The van der Waals surface area contributed by atoms with Crippen LogP contribution in [0.4, 0.5) is 0 Å². The first-order chi connectivity index (χ1) is 6.77. The van der Waals surface area contributed by atoms with Crippen LogP contribution < -0.4 is 0 Å². The van der Waals surface area contributed by atoms with Crippen molar-refractivity contribution in [2.45, 2.75) is 72.1 Å². The molecule has 0 N–H and O–H groups in total. The molecule has 0 aromatic carbocycles. The standard InChI is InChI=1S/C14H28/c1-4-6-8-12(3)9-7-10-14-11-13(14)5-2/h12-14H,4-11H2,1-3H3. The van der Waals surface area contributed by atoms with Gasteiger partial charge in [0.1, 0.15) is 0 Å². The van der Waals surface area contributed by atoms with Gasteiger partial charge >= 0.3 is 0 Å². The third-order valence-corrected chi connectivity index (χ3v) is 3.92. The van der Waals surface area contributed by atoms with Gasteiger partial charge in [-0.25, -0.2) is 0 Å². The summed E-state index contributed by atoms with van der Waals surface area (Å²) < 4.78 is 0. The summed E-state index contributed by atoms with van der Waals surface area (Å²) >= 11 is 0. The van der Waals surface area contributed by atoms with Crippen LogP contribution >= 0.6 is 0 Å². The molecule has 1 aliphatic carbocycles. The Kier molecular flexibility index (Phi) is 5.59. The smallest absolute Gasteiger partial charge is 0.0383 e. The van der Waals surface area contributed by atoms with Gasteiger partial charge in [0.2, 0.25) is 0 Å². The van der Waals surface area contributed by atoms with Crippen LogP contribution in [0.15, 0.2) is 0 Å². The molecular weight excluding hydrogens is 168 g/mol. The maximum absolute atomic E-state index is 2.43. The van der Waals surface area contributed by atoms with Crippen molar-refractivity contribution in [2.75, 3.05) is 0 Å². The van der Waals surface area contributed by atoms with Crippen molar-refractivity contribution < 1.29 is 0 Å². The molecule has 0 aromatic heterocycles. The zero-order valence-corrected chi connectivity index (χ0v) is 10.4. The minimum absolute atomic E-state index is 0.980. The van der Waals surface area contributed by atoms with Gasteiger partial charge in [0.15, 0.2) is 0 Å². The van der Waals surface area contributed by atoms with Gasteiger partial charge in [0.05, 0.1) is 0 Å². The Labute approximate surface area is 90.5 Å². The van der Waals surface area contributed by atoms with E-state index in [0.29, 0.717) is 0 Å². The largest absolute Gasteiger partial charge is 0.0654 e. The third kappa shape index (κ3) is 4.48. The Morgan fingerprint density at radius 3 is 2.36 bits per heavy atom. The maximum atomic E-state index is 2.43. The van der Waals surface area contributed by atoms with Crippen LogP contribution in [0.2, 0.25) is 0 Å². The van der Waals surface area contributed by atoms with Crippen LogP contribution in [0.25, 0.3) is 0 Å². The summed E-state index contributed by atoms with van der Waals surface area (Å²) in [5, 5.41) is 0. The number of unbranched alkanes of at least 4 members (excludes halogenated alkanes) is 1. The second-order valence-corrected chi connectivity index (χ2v) is 5.34. The van der Waals surface area contributed by atoms with Crippen LogP contribution in [0.5, 0.6) is 0 Å². The van der Waals surface area contributed by atoms with Gasteiger partial charge in [0, 0.05) is 0 Å². The molecule has 0 heteroatoms. The predicted molar refractivity (Wildman–Crippen MR) is 64.4 cm³/mol. The lowest BCUT2D eigenvalue weighted by atomic mass is 9.97. The van der Waals surface area contributed by atoms with Crippen LogP contribution in [0.1, 0.15) is 72.1 Å². The Morgan fingerprint density at radius 2 is 1.79 bits per heavy atom. The average molecular weight is 196 g/mol. The van der Waals surface area contributed by atoms with E-state index in [1.807, 2.05) is 0 Å². The fourth-order valence-corrected chi connectivity index (χ4v) is 2.59. The van der Waals surface area contributed by atoms with Crippen molar-refractivity contribution in [3.8, 4) is 0 Å². The molecule has 3 unspecified atom stereocenters. The van der Waals surface area contributed by atoms with Gasteiger partial charge in [0.25, 0.3) is 0 Å². The molecule has 1 fully saturated rings. The average Bonchev–Trinajstić information content (AvgIpc) is 2.93. The van der Waals surface area contributed by atoms with E-state index in [1.54, 1.807) is 6.42 Å². The van der Waals surface area contributed by atoms with E-state index in [9.17, 15) is 0 Å². The summed E-state index contributed by atoms with van der Waals surface area (Å²) in [6.45, 7) is 7.07. The molecule has 3 atom stereocenters. The highest BCUT2D eigenvalue weighted by atomic mass is 14.4. The molecule has 0 nitrogen and oxygen atoms in total. The first kappa shape index (κ1) is 12.1. The lowest BCUT2D eigenvalue weighted by Crippen LogP contribution is -1.95. The molecule has 0 bridgehead atoms. The first-order valence-corrected chi connectivity index (χ1v) is 6.77. The van der Waals surface area contributed by atoms with Gasteiger partial charge in [-0.05, 0) is 24.2 Å². The van der Waals surface area contributed by atoms with Crippen LogP contribution in [0, 0.1) is 17.8 Å². The Morgan fingerprint density at radius 1 is 1.07 bits per heavy atom. The molecule has 0 heterocycles. The molecule has 1 saturated carbocycles. The first-order valence-electron chi connectivity index (χ1n) is 6.77. The van der Waals surface area contributed by atoms with E-state index in [1.165, 1.54) is 44.9 Å². The second-order valence-electron chi connectivity index (χ2n) is 5.34. The topological polar surface area (TPSA) is 0 Å². The number of hydrogen-bond acceptors (Lipinski definition) is 0. The summed E-state index contributed by atoms with van der Waals surface area (Å²) in [5.41, 5.74) is 0. The summed E-state index contributed by atoms with van der Waals surface area (Å²) in [4.78, 5) is 0. The van der Waals surface area contributed by atoms with Gasteiger partial charge in [-0.1, -0.05) is 65.7 Å². The summed E-state index contributed by atoms with van der Waals surface area (Å²) in [7, 11) is 0. The van der Waals surface area contributed by atoms with Gasteiger partial charge in [-0.15, -0.1) is 0 Å². The van der Waals surface area contributed by atoms with Gasteiger partial charge < -0.3 is 0 Å². The molecule has 0 radical (unpaired) electrons. The second kappa shape index (κ2) is 6.48. The highest BCUT2D eigenvalue weighted by molar-refractivity contribution is 4.84. The Balaban J connectivity index is 1.88. The molecule has 0 aliphatic heterocycles. The van der Waals surface area contributed by atoms with Crippen molar-refractivity contribution in [3.63, 3.8) is 0 Å². The molecule has 14 heavy (non-hydrogen) atoms. The molecular formula is C14H28. The monoisotopic (exact) mass is 196 g/mol. The van der Waals surface area contributed by atoms with Crippen molar-refractivity contribution in [2.24, 2.45) is 17.8 Å². The highest BCUT2D eigenvalue weighted by Crippen LogP contribution is 2.44. The minimum atomic E-state index is 0.980.